The number of benzene rings is 1. The zero-order chi connectivity index (χ0) is 13.0. The molecule has 18 heavy (non-hydrogen) atoms. The summed E-state index contributed by atoms with van der Waals surface area (Å²) < 4.78 is 13.4. The van der Waals surface area contributed by atoms with Crippen LogP contribution in [0.25, 0.3) is 0 Å². The standard InChI is InChI=1S/C13H14ClFN2S/c1-2-3-16-12(13-17-4-5-18-13)9-6-10(14)8-11(15)7-9/h4-8,12,16H,2-3H2,1H3. The molecule has 2 aromatic rings. The highest BCUT2D eigenvalue weighted by Crippen LogP contribution is 2.26. The van der Waals surface area contributed by atoms with Crippen molar-refractivity contribution in [1.29, 1.82) is 0 Å². The van der Waals surface area contributed by atoms with Gasteiger partial charge in [0.1, 0.15) is 10.8 Å². The number of thiazole rings is 1. The molecule has 1 N–H and O–H groups in total. The van der Waals surface area contributed by atoms with Gasteiger partial charge in [0.2, 0.25) is 0 Å². The van der Waals surface area contributed by atoms with Gasteiger partial charge in [0.15, 0.2) is 0 Å². The molecular formula is C13H14ClFN2S. The Balaban J connectivity index is 2.33. The van der Waals surface area contributed by atoms with Crippen LogP contribution in [0.3, 0.4) is 0 Å². The number of hydrogen-bond donors (Lipinski definition) is 1. The zero-order valence-corrected chi connectivity index (χ0v) is 11.6. The first-order valence-corrected chi connectivity index (χ1v) is 7.05. The number of rotatable bonds is 5. The fourth-order valence-corrected chi connectivity index (χ4v) is 2.72. The first-order chi connectivity index (χ1) is 8.70. The van der Waals surface area contributed by atoms with Crippen molar-refractivity contribution in [2.75, 3.05) is 6.54 Å². The molecule has 0 aliphatic heterocycles. The Morgan fingerprint density at radius 3 is 2.89 bits per heavy atom. The van der Waals surface area contributed by atoms with E-state index in [0.29, 0.717) is 5.02 Å². The van der Waals surface area contributed by atoms with E-state index < -0.39 is 0 Å². The van der Waals surface area contributed by atoms with Crippen molar-refractivity contribution < 1.29 is 4.39 Å². The van der Waals surface area contributed by atoms with E-state index in [1.54, 1.807) is 23.6 Å². The highest BCUT2D eigenvalue weighted by Gasteiger charge is 2.17. The Morgan fingerprint density at radius 2 is 2.28 bits per heavy atom. The van der Waals surface area contributed by atoms with E-state index >= 15 is 0 Å². The molecule has 0 saturated heterocycles. The van der Waals surface area contributed by atoms with Gasteiger partial charge in [-0.15, -0.1) is 11.3 Å². The van der Waals surface area contributed by atoms with E-state index in [2.05, 4.69) is 17.2 Å². The van der Waals surface area contributed by atoms with Gasteiger partial charge in [-0.05, 0) is 36.7 Å². The number of halogens is 2. The number of hydrogen-bond acceptors (Lipinski definition) is 3. The van der Waals surface area contributed by atoms with E-state index in [-0.39, 0.29) is 11.9 Å². The summed E-state index contributed by atoms with van der Waals surface area (Å²) in [6.45, 7) is 2.93. The quantitative estimate of drug-likeness (QED) is 0.897. The summed E-state index contributed by atoms with van der Waals surface area (Å²) in [5.74, 6) is -0.322. The minimum Gasteiger partial charge on any atom is -0.304 e. The molecule has 0 fully saturated rings. The van der Waals surface area contributed by atoms with E-state index in [4.69, 9.17) is 11.6 Å². The van der Waals surface area contributed by atoms with Crippen molar-refractivity contribution in [3.8, 4) is 0 Å². The largest absolute Gasteiger partial charge is 0.304 e. The molecule has 2 nitrogen and oxygen atoms in total. The van der Waals surface area contributed by atoms with Gasteiger partial charge in [-0.3, -0.25) is 0 Å². The average Bonchev–Trinajstić information content (AvgIpc) is 2.82. The monoisotopic (exact) mass is 284 g/mol. The van der Waals surface area contributed by atoms with E-state index in [0.717, 1.165) is 23.5 Å². The molecule has 0 amide bonds. The molecule has 1 aromatic heterocycles. The molecule has 5 heteroatoms. The Morgan fingerprint density at radius 1 is 1.44 bits per heavy atom. The minimum atomic E-state index is -0.322. The Kier molecular flexibility index (Phi) is 4.69. The van der Waals surface area contributed by atoms with Gasteiger partial charge in [-0.1, -0.05) is 18.5 Å². The van der Waals surface area contributed by atoms with Crippen molar-refractivity contribution in [1.82, 2.24) is 10.3 Å². The lowest BCUT2D eigenvalue weighted by molar-refractivity contribution is 0.583. The summed E-state index contributed by atoms with van der Waals surface area (Å²) in [7, 11) is 0. The van der Waals surface area contributed by atoms with Crippen LogP contribution in [0.2, 0.25) is 5.02 Å². The fourth-order valence-electron chi connectivity index (χ4n) is 1.76. The SMILES string of the molecule is CCCNC(c1cc(F)cc(Cl)c1)c1nccs1. The normalized spacial score (nSPS) is 12.6. The van der Waals surface area contributed by atoms with Crippen LogP contribution in [0, 0.1) is 5.82 Å². The van der Waals surface area contributed by atoms with Gasteiger partial charge in [-0.2, -0.15) is 0 Å². The number of aromatic nitrogens is 1. The maximum Gasteiger partial charge on any atom is 0.125 e. The molecular weight excluding hydrogens is 271 g/mol. The van der Waals surface area contributed by atoms with Gasteiger partial charge in [0.05, 0.1) is 6.04 Å². The third kappa shape index (κ3) is 3.28. The van der Waals surface area contributed by atoms with Crippen LogP contribution in [0.5, 0.6) is 0 Å². The van der Waals surface area contributed by atoms with Crippen molar-refractivity contribution in [2.24, 2.45) is 0 Å². The molecule has 1 atom stereocenters. The highest BCUT2D eigenvalue weighted by atomic mass is 35.5. The third-order valence-electron chi connectivity index (χ3n) is 2.52. The van der Waals surface area contributed by atoms with Gasteiger partial charge in [0.25, 0.3) is 0 Å². The molecule has 1 heterocycles. The second-order valence-corrected chi connectivity index (χ2v) is 5.32. The lowest BCUT2D eigenvalue weighted by atomic mass is 10.1. The average molecular weight is 285 g/mol. The van der Waals surface area contributed by atoms with Crippen LogP contribution in [-0.2, 0) is 0 Å². The summed E-state index contributed by atoms with van der Waals surface area (Å²) in [6, 6.07) is 4.49. The summed E-state index contributed by atoms with van der Waals surface area (Å²) in [6.07, 6.45) is 2.76. The maximum atomic E-state index is 13.4. The number of nitrogens with one attached hydrogen (secondary N) is 1. The van der Waals surface area contributed by atoms with Crippen LogP contribution < -0.4 is 5.32 Å². The summed E-state index contributed by atoms with van der Waals surface area (Å²) in [5.41, 5.74) is 0.809. The molecule has 0 saturated carbocycles. The van der Waals surface area contributed by atoms with Crippen LogP contribution >= 0.6 is 22.9 Å². The van der Waals surface area contributed by atoms with Gasteiger partial charge >= 0.3 is 0 Å². The number of nitrogens with zero attached hydrogens (tertiary/aromatic N) is 1. The predicted octanol–water partition coefficient (Wildman–Crippen LogP) is 4.02. The smallest absolute Gasteiger partial charge is 0.125 e. The van der Waals surface area contributed by atoms with Crippen molar-refractivity contribution in [3.63, 3.8) is 0 Å². The second kappa shape index (κ2) is 6.27. The second-order valence-electron chi connectivity index (χ2n) is 3.96. The lowest BCUT2D eigenvalue weighted by Crippen LogP contribution is -2.23. The third-order valence-corrected chi connectivity index (χ3v) is 3.57. The fraction of sp³-hybridized carbons (Fsp3) is 0.308. The van der Waals surface area contributed by atoms with Crippen LogP contribution in [0.4, 0.5) is 4.39 Å². The molecule has 0 spiro atoms. The molecule has 1 aromatic carbocycles. The van der Waals surface area contributed by atoms with Crippen LogP contribution in [-0.4, -0.2) is 11.5 Å². The molecule has 0 aliphatic carbocycles. The van der Waals surface area contributed by atoms with E-state index in [1.807, 2.05) is 5.38 Å². The van der Waals surface area contributed by atoms with Gasteiger partial charge in [-0.25, -0.2) is 9.37 Å². The highest BCUT2D eigenvalue weighted by molar-refractivity contribution is 7.09. The van der Waals surface area contributed by atoms with Crippen molar-refractivity contribution in [3.05, 3.63) is 51.2 Å². The molecule has 0 aliphatic rings. The first kappa shape index (κ1) is 13.5. The molecule has 0 bridgehead atoms. The predicted molar refractivity (Wildman–Crippen MR) is 73.7 cm³/mol. The van der Waals surface area contributed by atoms with Crippen LogP contribution in [0.1, 0.15) is 30.0 Å². The zero-order valence-electron chi connectivity index (χ0n) is 9.99. The lowest BCUT2D eigenvalue weighted by Gasteiger charge is -2.17. The van der Waals surface area contributed by atoms with Crippen molar-refractivity contribution >= 4 is 22.9 Å². The van der Waals surface area contributed by atoms with E-state index in [9.17, 15) is 4.39 Å². The maximum absolute atomic E-state index is 13.4. The molecule has 0 radical (unpaired) electrons. The minimum absolute atomic E-state index is 0.0989. The Hall–Kier alpha value is -0.970. The summed E-state index contributed by atoms with van der Waals surface area (Å²) >= 11 is 7.45. The summed E-state index contributed by atoms with van der Waals surface area (Å²) in [4.78, 5) is 4.30. The Bertz CT molecular complexity index is 481. The topological polar surface area (TPSA) is 24.9 Å². The van der Waals surface area contributed by atoms with Gasteiger partial charge in [0, 0.05) is 16.6 Å². The summed E-state index contributed by atoms with van der Waals surface area (Å²) in [5, 5.41) is 6.61. The van der Waals surface area contributed by atoms with E-state index in [1.165, 1.54) is 12.1 Å². The van der Waals surface area contributed by atoms with Crippen LogP contribution in [0.15, 0.2) is 29.8 Å². The Labute approximate surface area is 115 Å². The molecule has 96 valence electrons. The molecule has 1 unspecified atom stereocenters. The van der Waals surface area contributed by atoms with Gasteiger partial charge < -0.3 is 5.32 Å². The van der Waals surface area contributed by atoms with Crippen molar-refractivity contribution in [2.45, 2.75) is 19.4 Å². The first-order valence-electron chi connectivity index (χ1n) is 5.79. The molecule has 2 rings (SSSR count).